The van der Waals surface area contributed by atoms with Crippen LogP contribution in [0.25, 0.3) is 0 Å². The minimum Gasteiger partial charge on any atom is -0.504 e. The molecule has 1 aromatic rings. The number of nitrogens with zero attached hydrogens (tertiary/aromatic N) is 1. The molecular weight excluding hydrogens is 238 g/mol. The van der Waals surface area contributed by atoms with Gasteiger partial charge in [-0.2, -0.15) is 5.06 Å². The van der Waals surface area contributed by atoms with Gasteiger partial charge in [-0.05, 0) is 17.7 Å². The van der Waals surface area contributed by atoms with Crippen LogP contribution in [0.4, 0.5) is 0 Å². The molecule has 0 bridgehead atoms. The number of hydrogen-bond donors (Lipinski definition) is 4. The summed E-state index contributed by atoms with van der Waals surface area (Å²) in [6.07, 6.45) is 1.37. The number of carboxylic acids is 1. The summed E-state index contributed by atoms with van der Waals surface area (Å²) in [5, 5.41) is 37.6. The van der Waals surface area contributed by atoms with Crippen molar-refractivity contribution in [1.82, 2.24) is 5.06 Å². The zero-order valence-corrected chi connectivity index (χ0v) is 9.65. The topological polar surface area (TPSA) is 101 Å². The summed E-state index contributed by atoms with van der Waals surface area (Å²) in [7, 11) is 0. The molecule has 98 valence electrons. The summed E-state index contributed by atoms with van der Waals surface area (Å²) in [5.74, 6) is -1.80. The highest BCUT2D eigenvalue weighted by Crippen LogP contribution is 2.25. The van der Waals surface area contributed by atoms with Crippen molar-refractivity contribution in [2.75, 3.05) is 6.54 Å². The van der Waals surface area contributed by atoms with Gasteiger partial charge < -0.3 is 20.5 Å². The van der Waals surface area contributed by atoms with Gasteiger partial charge in [-0.25, -0.2) is 0 Å². The van der Waals surface area contributed by atoms with Crippen molar-refractivity contribution in [3.8, 4) is 11.5 Å². The lowest BCUT2D eigenvalue weighted by Crippen LogP contribution is -2.40. The number of hydrogen-bond acceptors (Lipinski definition) is 5. The molecule has 0 fully saturated rings. The maximum absolute atomic E-state index is 11.0. The first-order valence-electron chi connectivity index (χ1n) is 5.25. The maximum atomic E-state index is 11.0. The number of carbonyl (C=O) groups is 1. The first-order chi connectivity index (χ1) is 8.45. The molecule has 0 saturated heterocycles. The predicted octanol–water partition coefficient (Wildman–Crippen LogP) is 0.971. The molecule has 0 amide bonds. The standard InChI is InChI=1S/C12H15NO5/c1-2-5-13(18)9(12(16)17)6-8-3-4-10(14)11(15)7-8/h2-4,7,9,14-15,18H,1,5-6H2,(H,16,17)/t9-/m0/s1. The van der Waals surface area contributed by atoms with E-state index in [1.807, 2.05) is 0 Å². The Bertz CT molecular complexity index is 446. The molecule has 0 aliphatic heterocycles. The number of phenolic OH excluding ortho intramolecular Hbond substituents is 2. The Hall–Kier alpha value is -2.05. The molecule has 0 heterocycles. The zero-order valence-electron chi connectivity index (χ0n) is 9.65. The van der Waals surface area contributed by atoms with Crippen molar-refractivity contribution in [1.29, 1.82) is 0 Å². The van der Waals surface area contributed by atoms with Crippen LogP contribution in [0.5, 0.6) is 11.5 Å². The highest BCUT2D eigenvalue weighted by atomic mass is 16.5. The lowest BCUT2D eigenvalue weighted by atomic mass is 10.1. The second-order valence-corrected chi connectivity index (χ2v) is 3.79. The fourth-order valence-corrected chi connectivity index (χ4v) is 1.50. The van der Waals surface area contributed by atoms with Gasteiger partial charge in [0.15, 0.2) is 11.5 Å². The zero-order chi connectivity index (χ0) is 13.7. The second-order valence-electron chi connectivity index (χ2n) is 3.79. The number of benzene rings is 1. The molecule has 6 heteroatoms. The molecule has 1 aromatic carbocycles. The quantitative estimate of drug-likeness (QED) is 0.342. The molecule has 0 unspecified atom stereocenters. The third-order valence-electron chi connectivity index (χ3n) is 2.43. The number of phenols is 2. The van der Waals surface area contributed by atoms with Crippen LogP contribution in [0.15, 0.2) is 30.9 Å². The summed E-state index contributed by atoms with van der Waals surface area (Å²) < 4.78 is 0. The van der Waals surface area contributed by atoms with Crippen molar-refractivity contribution in [3.05, 3.63) is 36.4 Å². The first kappa shape index (κ1) is 14.0. The van der Waals surface area contributed by atoms with Crippen molar-refractivity contribution in [2.24, 2.45) is 0 Å². The van der Waals surface area contributed by atoms with E-state index in [1.165, 1.54) is 24.3 Å². The van der Waals surface area contributed by atoms with Gasteiger partial charge in [0.25, 0.3) is 0 Å². The van der Waals surface area contributed by atoms with Gasteiger partial charge in [0.05, 0.1) is 0 Å². The largest absolute Gasteiger partial charge is 0.504 e. The van der Waals surface area contributed by atoms with Gasteiger partial charge in [-0.3, -0.25) is 4.79 Å². The summed E-state index contributed by atoms with van der Waals surface area (Å²) >= 11 is 0. The molecule has 0 aromatic heterocycles. The summed E-state index contributed by atoms with van der Waals surface area (Å²) in [6.45, 7) is 3.42. The molecule has 0 spiro atoms. The molecule has 0 aliphatic rings. The van der Waals surface area contributed by atoms with Crippen LogP contribution in [0.3, 0.4) is 0 Å². The Kier molecular flexibility index (Phi) is 4.70. The van der Waals surface area contributed by atoms with Gasteiger partial charge in [0.2, 0.25) is 0 Å². The van der Waals surface area contributed by atoms with Crippen LogP contribution >= 0.6 is 0 Å². The van der Waals surface area contributed by atoms with Gasteiger partial charge in [-0.1, -0.05) is 12.1 Å². The minimum absolute atomic E-state index is 0.00644. The van der Waals surface area contributed by atoms with Crippen LogP contribution < -0.4 is 0 Å². The van der Waals surface area contributed by atoms with Gasteiger partial charge in [0, 0.05) is 13.0 Å². The number of carboxylic acid groups (broad SMARTS) is 1. The molecule has 6 nitrogen and oxygen atoms in total. The Labute approximate surface area is 104 Å². The van der Waals surface area contributed by atoms with Crippen LogP contribution in [0, 0.1) is 0 Å². The third kappa shape index (κ3) is 3.47. The van der Waals surface area contributed by atoms with E-state index in [-0.39, 0.29) is 24.5 Å². The van der Waals surface area contributed by atoms with E-state index in [4.69, 9.17) is 10.2 Å². The van der Waals surface area contributed by atoms with Crippen LogP contribution in [0.1, 0.15) is 5.56 Å². The SMILES string of the molecule is C=CCN(O)[C@@H](Cc1ccc(O)c(O)c1)C(=O)O. The van der Waals surface area contributed by atoms with Crippen LogP contribution in [0.2, 0.25) is 0 Å². The van der Waals surface area contributed by atoms with Gasteiger partial charge >= 0.3 is 5.97 Å². The molecule has 0 aliphatic carbocycles. The van der Waals surface area contributed by atoms with E-state index in [1.54, 1.807) is 0 Å². The lowest BCUT2D eigenvalue weighted by Gasteiger charge is -2.21. The van der Waals surface area contributed by atoms with Crippen LogP contribution in [-0.4, -0.2) is 44.1 Å². The van der Waals surface area contributed by atoms with E-state index in [9.17, 15) is 15.1 Å². The van der Waals surface area contributed by atoms with E-state index < -0.39 is 12.0 Å². The average Bonchev–Trinajstić information content (AvgIpc) is 2.30. The fraction of sp³-hybridized carbons (Fsp3) is 0.250. The summed E-state index contributed by atoms with van der Waals surface area (Å²) in [4.78, 5) is 11.0. The minimum atomic E-state index is -1.19. The molecular formula is C12H15NO5. The van der Waals surface area contributed by atoms with E-state index >= 15 is 0 Å². The predicted molar refractivity (Wildman–Crippen MR) is 63.6 cm³/mol. The molecule has 0 radical (unpaired) electrons. The summed E-state index contributed by atoms with van der Waals surface area (Å²) in [6, 6.07) is 2.85. The highest BCUT2D eigenvalue weighted by Gasteiger charge is 2.24. The number of rotatable bonds is 6. The lowest BCUT2D eigenvalue weighted by molar-refractivity contribution is -0.166. The van der Waals surface area contributed by atoms with Crippen molar-refractivity contribution < 1.29 is 25.3 Å². The van der Waals surface area contributed by atoms with Crippen LogP contribution in [-0.2, 0) is 11.2 Å². The maximum Gasteiger partial charge on any atom is 0.323 e. The first-order valence-corrected chi connectivity index (χ1v) is 5.25. The Morgan fingerprint density at radius 2 is 2.06 bits per heavy atom. The third-order valence-corrected chi connectivity index (χ3v) is 2.43. The molecule has 1 rings (SSSR count). The normalized spacial score (nSPS) is 12.3. The van der Waals surface area contributed by atoms with Crippen molar-refractivity contribution >= 4 is 5.97 Å². The Morgan fingerprint density at radius 1 is 1.39 bits per heavy atom. The molecule has 1 atom stereocenters. The molecule has 18 heavy (non-hydrogen) atoms. The van der Waals surface area contributed by atoms with Gasteiger partial charge in [-0.15, -0.1) is 6.58 Å². The monoisotopic (exact) mass is 253 g/mol. The highest BCUT2D eigenvalue weighted by molar-refractivity contribution is 5.73. The van der Waals surface area contributed by atoms with E-state index in [0.717, 1.165) is 0 Å². The summed E-state index contributed by atoms with van der Waals surface area (Å²) in [5.41, 5.74) is 0.487. The van der Waals surface area contributed by atoms with Crippen molar-refractivity contribution in [2.45, 2.75) is 12.5 Å². The Balaban J connectivity index is 2.86. The Morgan fingerprint density at radius 3 is 2.56 bits per heavy atom. The second kappa shape index (κ2) is 6.04. The van der Waals surface area contributed by atoms with E-state index in [0.29, 0.717) is 10.6 Å². The smallest absolute Gasteiger partial charge is 0.323 e. The van der Waals surface area contributed by atoms with Gasteiger partial charge in [0.1, 0.15) is 6.04 Å². The fourth-order valence-electron chi connectivity index (χ4n) is 1.50. The number of aliphatic carboxylic acids is 1. The van der Waals surface area contributed by atoms with Crippen molar-refractivity contribution in [3.63, 3.8) is 0 Å². The number of hydroxylamine groups is 2. The molecule has 0 saturated carbocycles. The number of aromatic hydroxyl groups is 2. The average molecular weight is 253 g/mol. The molecule has 4 N–H and O–H groups in total. The van der Waals surface area contributed by atoms with E-state index in [2.05, 4.69) is 6.58 Å².